The standard InChI is InChI=1S/4B. The zero-order chi connectivity index (χ0) is 0. The lowest BCUT2D eigenvalue weighted by Crippen LogP contribution is -0.382. The highest BCUT2D eigenvalue weighted by atomic mass is 10.8. The Morgan fingerprint density at radius 2 is 0.250 bits per heavy atom. The van der Waals surface area contributed by atoms with Crippen LogP contribution in [0.3, 0.4) is 0 Å². The van der Waals surface area contributed by atoms with Crippen LogP contribution in [0, 0.1) is 0 Å². The lowest BCUT2D eigenvalue weighted by atomic mass is 10.8. The molecular weight excluding hydrogens is 43.2 g/mol. The molecule has 0 aromatic heterocycles. The molecule has 0 unspecified atom stereocenters. The molecule has 12 valence electrons. The van der Waals surface area contributed by atoms with Crippen molar-refractivity contribution in [2.75, 3.05) is 0 Å². The molecule has 0 atom stereocenters. The Bertz CT molecular complexity index is 0. The summed E-state index contributed by atoms with van der Waals surface area (Å²) < 4.78 is 0. The molecule has 0 spiro atoms. The number of hydrogen-bond donors (Lipinski definition) is 0. The molecule has 0 heterocycles. The molecule has 4 heteroatoms. The lowest BCUT2D eigenvalue weighted by Gasteiger charge is -0.00100. The van der Waals surface area contributed by atoms with Gasteiger partial charge in [0.15, 0.2) is 0 Å². The fourth-order valence-corrected chi connectivity index (χ4v) is 0. The van der Waals surface area contributed by atoms with Gasteiger partial charge in [0.2, 0.25) is 0 Å². The maximum absolute atomic E-state index is 0. The summed E-state index contributed by atoms with van der Waals surface area (Å²) in [7, 11) is 0. The third kappa shape index (κ3) is 53.2. The Morgan fingerprint density at radius 1 is 0.250 bits per heavy atom. The highest BCUT2D eigenvalue weighted by Crippen LogP contribution is -0.378. The summed E-state index contributed by atoms with van der Waals surface area (Å²) >= 11 is 0. The molecule has 0 aliphatic heterocycles. The molecule has 0 nitrogen and oxygen atoms in total. The minimum absolute atomic E-state index is 0. The second-order valence-electron chi connectivity index (χ2n) is 0. The summed E-state index contributed by atoms with van der Waals surface area (Å²) in [5, 5.41) is 0. The predicted molar refractivity (Wildman–Crippen MR) is 23.0 cm³/mol. The first-order valence-electron chi connectivity index (χ1n) is 0. The Balaban J connectivity index is 0. The van der Waals surface area contributed by atoms with Gasteiger partial charge < -0.3 is 0 Å². The Labute approximate surface area is 34.7 Å². The maximum atomic E-state index is 0. The minimum Gasteiger partial charge on any atom is 0 e. The van der Waals surface area contributed by atoms with Crippen molar-refractivity contribution in [2.45, 2.75) is 0 Å². The van der Waals surface area contributed by atoms with Crippen molar-refractivity contribution in [3.63, 3.8) is 0 Å². The van der Waals surface area contributed by atoms with E-state index in [1.165, 1.54) is 0 Å². The van der Waals surface area contributed by atoms with E-state index in [0.717, 1.165) is 0 Å². The normalized spacial score (nSPS) is 0. The second kappa shape index (κ2) is 247. The van der Waals surface area contributed by atoms with Crippen LogP contribution in [0.25, 0.3) is 0 Å². The predicted octanol–water partition coefficient (Wildman–Crippen LogP) is -1.52. The van der Waals surface area contributed by atoms with Crippen molar-refractivity contribution in [3.8, 4) is 0 Å². The van der Waals surface area contributed by atoms with Crippen LogP contribution in [0.5, 0.6) is 0 Å². The van der Waals surface area contributed by atoms with Gasteiger partial charge in [-0.2, -0.15) is 0 Å². The summed E-state index contributed by atoms with van der Waals surface area (Å²) in [4.78, 5) is 0. The quantitative estimate of drug-likeness (QED) is 0.289. The van der Waals surface area contributed by atoms with E-state index in [0.29, 0.717) is 0 Å². The molecule has 0 N–H and O–H groups in total. The van der Waals surface area contributed by atoms with Gasteiger partial charge in [-0.25, -0.2) is 0 Å². The first-order valence-corrected chi connectivity index (χ1v) is 0. The first kappa shape index (κ1) is 671. The molecule has 0 aromatic carbocycles. The molecule has 0 fully saturated rings. The van der Waals surface area contributed by atoms with Crippen molar-refractivity contribution in [1.29, 1.82) is 0 Å². The lowest BCUT2D eigenvalue weighted by molar-refractivity contribution is 5.75. The molecule has 0 bridgehead atoms. The Morgan fingerprint density at radius 3 is 0.250 bits per heavy atom. The van der Waals surface area contributed by atoms with Crippen LogP contribution < -0.4 is 0 Å². The highest BCUT2D eigenvalue weighted by molar-refractivity contribution is 5.76. The van der Waals surface area contributed by atoms with Crippen LogP contribution in [0.1, 0.15) is 0 Å². The van der Waals surface area contributed by atoms with Gasteiger partial charge in [0.05, 0.1) is 0 Å². The third-order valence-corrected chi connectivity index (χ3v) is 0. The van der Waals surface area contributed by atoms with Crippen molar-refractivity contribution in [1.82, 2.24) is 0 Å². The smallest absolute Gasteiger partial charge is 0 e. The van der Waals surface area contributed by atoms with Gasteiger partial charge >= 0.3 is 0 Å². The second-order valence-corrected chi connectivity index (χ2v) is 0. The third-order valence-electron chi connectivity index (χ3n) is 0. The Hall–Kier alpha value is 0.260. The van der Waals surface area contributed by atoms with Crippen molar-refractivity contribution in [3.05, 3.63) is 0 Å². The molecule has 0 saturated carbocycles. The summed E-state index contributed by atoms with van der Waals surface area (Å²) in [6.07, 6.45) is 0. The summed E-state index contributed by atoms with van der Waals surface area (Å²) in [6, 6.07) is 0. The number of rotatable bonds is 0. The molecule has 0 saturated heterocycles. The Kier molecular flexibility index (Phi) is 41400. The van der Waals surface area contributed by atoms with Crippen LogP contribution in [0.15, 0.2) is 0 Å². The summed E-state index contributed by atoms with van der Waals surface area (Å²) in [5.74, 6) is 0. The molecule has 0 aromatic rings. The molecular formula is B4. The molecule has 0 rings (SSSR count). The number of hydrogen-bond acceptors (Lipinski definition) is 0. The van der Waals surface area contributed by atoms with Gasteiger partial charge in [0, 0.05) is 33.7 Å². The molecule has 12 radical (unpaired) electrons. The fraction of sp³-hybridized carbons (Fsp3) is 0. The average molecular weight is 43.2 g/mol. The zero-order valence-corrected chi connectivity index (χ0v) is 2.31. The van der Waals surface area contributed by atoms with Crippen LogP contribution in [-0.2, 0) is 0 Å². The van der Waals surface area contributed by atoms with E-state index in [1.54, 1.807) is 0 Å². The van der Waals surface area contributed by atoms with Gasteiger partial charge in [0.1, 0.15) is 0 Å². The van der Waals surface area contributed by atoms with Gasteiger partial charge in [0.25, 0.3) is 0 Å². The minimum atomic E-state index is 0. The van der Waals surface area contributed by atoms with Gasteiger partial charge in [-0.15, -0.1) is 0 Å². The average Bonchev–Trinajstić information content (AvgIpc) is 0. The molecule has 0 aliphatic carbocycles. The maximum Gasteiger partial charge on any atom is 0 e. The van der Waals surface area contributed by atoms with E-state index in [-0.39, 0.29) is 33.7 Å². The van der Waals surface area contributed by atoms with E-state index in [2.05, 4.69) is 0 Å². The van der Waals surface area contributed by atoms with E-state index < -0.39 is 0 Å². The van der Waals surface area contributed by atoms with E-state index in [9.17, 15) is 0 Å². The van der Waals surface area contributed by atoms with Crippen LogP contribution in [0.4, 0.5) is 0 Å². The van der Waals surface area contributed by atoms with Gasteiger partial charge in [-0.05, 0) is 0 Å². The topological polar surface area (TPSA) is 0 Å². The summed E-state index contributed by atoms with van der Waals surface area (Å²) in [6.45, 7) is 0. The molecule has 4 heavy (non-hydrogen) atoms. The molecule has 0 amide bonds. The van der Waals surface area contributed by atoms with Crippen LogP contribution in [0.2, 0.25) is 0 Å². The highest BCUT2D eigenvalue weighted by Gasteiger charge is 0.00300. The van der Waals surface area contributed by atoms with Crippen molar-refractivity contribution < 1.29 is 0 Å². The summed E-state index contributed by atoms with van der Waals surface area (Å²) in [5.41, 5.74) is 0. The van der Waals surface area contributed by atoms with Crippen molar-refractivity contribution in [2.24, 2.45) is 0 Å². The fourth-order valence-electron chi connectivity index (χ4n) is 0. The first-order chi connectivity index (χ1) is 0. The van der Waals surface area contributed by atoms with Crippen molar-refractivity contribution >= 4 is 33.7 Å². The van der Waals surface area contributed by atoms with E-state index >= 15 is 0 Å². The zero-order valence-electron chi connectivity index (χ0n) is 2.31. The van der Waals surface area contributed by atoms with E-state index in [1.807, 2.05) is 0 Å². The SMILES string of the molecule is [B].[B].[B].[B]. The van der Waals surface area contributed by atoms with Gasteiger partial charge in [-0.1, -0.05) is 0 Å². The van der Waals surface area contributed by atoms with Crippen LogP contribution in [-0.4, -0.2) is 33.7 Å². The van der Waals surface area contributed by atoms with Crippen LogP contribution >= 0.6 is 0 Å². The largest absolute Gasteiger partial charge is 0 e. The monoisotopic (exact) mass is 44.0 g/mol. The van der Waals surface area contributed by atoms with E-state index in [4.69, 9.17) is 0 Å². The molecule has 0 aliphatic rings. The van der Waals surface area contributed by atoms with Gasteiger partial charge in [-0.3, -0.25) is 0 Å².